The Morgan fingerprint density at radius 2 is 2.29 bits per heavy atom. The van der Waals surface area contributed by atoms with E-state index in [0.29, 0.717) is 11.6 Å². The number of halogens is 2. The van der Waals surface area contributed by atoms with Gasteiger partial charge < -0.3 is 4.74 Å². The molecule has 0 N–H and O–H groups in total. The number of benzene rings is 1. The van der Waals surface area contributed by atoms with Gasteiger partial charge in [0, 0.05) is 11.6 Å². The first-order valence-electron chi connectivity index (χ1n) is 5.59. The van der Waals surface area contributed by atoms with E-state index in [1.807, 2.05) is 18.2 Å². The maximum absolute atomic E-state index is 6.22. The van der Waals surface area contributed by atoms with Gasteiger partial charge in [-0.3, -0.25) is 4.98 Å². The summed E-state index contributed by atoms with van der Waals surface area (Å²) in [7, 11) is 0. The Hall–Kier alpha value is -0.550. The standard InChI is InChI=1S/C13H13ClINO/c1-2-3-7-17-13-10(14)8-11-9(12(13)15)5-4-6-16-11/h4-6,8H,2-3,7H2,1H3. The van der Waals surface area contributed by atoms with E-state index in [1.54, 1.807) is 6.20 Å². The SMILES string of the molecule is CCCCOc1c(Cl)cc2ncccc2c1I. The van der Waals surface area contributed by atoms with Crippen LogP contribution >= 0.6 is 34.2 Å². The summed E-state index contributed by atoms with van der Waals surface area (Å²) < 4.78 is 6.79. The Morgan fingerprint density at radius 1 is 1.47 bits per heavy atom. The molecule has 1 heterocycles. The van der Waals surface area contributed by atoms with Gasteiger partial charge in [-0.05, 0) is 41.1 Å². The van der Waals surface area contributed by atoms with Crippen molar-refractivity contribution in [2.45, 2.75) is 19.8 Å². The Bertz CT molecular complexity index is 530. The van der Waals surface area contributed by atoms with Gasteiger partial charge in [0.1, 0.15) is 0 Å². The van der Waals surface area contributed by atoms with Gasteiger partial charge in [0.05, 0.1) is 20.7 Å². The first-order chi connectivity index (χ1) is 8.24. The van der Waals surface area contributed by atoms with Crippen molar-refractivity contribution in [2.75, 3.05) is 6.61 Å². The summed E-state index contributed by atoms with van der Waals surface area (Å²) in [6.45, 7) is 2.85. The van der Waals surface area contributed by atoms with Gasteiger partial charge >= 0.3 is 0 Å². The van der Waals surface area contributed by atoms with E-state index in [2.05, 4.69) is 34.5 Å². The van der Waals surface area contributed by atoms with Crippen LogP contribution in [0.4, 0.5) is 0 Å². The third-order valence-electron chi connectivity index (χ3n) is 2.50. The highest BCUT2D eigenvalue weighted by Gasteiger charge is 2.11. The average Bonchev–Trinajstić information content (AvgIpc) is 2.33. The average molecular weight is 362 g/mol. The summed E-state index contributed by atoms with van der Waals surface area (Å²) in [6, 6.07) is 5.82. The first kappa shape index (κ1) is 12.9. The molecular weight excluding hydrogens is 349 g/mol. The van der Waals surface area contributed by atoms with Crippen molar-refractivity contribution in [1.82, 2.24) is 4.98 Å². The van der Waals surface area contributed by atoms with Crippen LogP contribution in [0, 0.1) is 3.57 Å². The van der Waals surface area contributed by atoms with Crippen LogP contribution in [0.2, 0.25) is 5.02 Å². The van der Waals surface area contributed by atoms with Gasteiger partial charge in [0.25, 0.3) is 0 Å². The smallest absolute Gasteiger partial charge is 0.151 e. The summed E-state index contributed by atoms with van der Waals surface area (Å²) in [5, 5.41) is 1.72. The van der Waals surface area contributed by atoms with E-state index < -0.39 is 0 Å². The van der Waals surface area contributed by atoms with Crippen LogP contribution in [0.5, 0.6) is 5.75 Å². The Balaban J connectivity index is 2.41. The van der Waals surface area contributed by atoms with Gasteiger partial charge in [-0.1, -0.05) is 31.0 Å². The van der Waals surface area contributed by atoms with Gasteiger partial charge in [-0.15, -0.1) is 0 Å². The molecule has 0 amide bonds. The number of nitrogens with zero attached hydrogens (tertiary/aromatic N) is 1. The van der Waals surface area contributed by atoms with E-state index in [0.717, 1.165) is 33.1 Å². The van der Waals surface area contributed by atoms with Crippen LogP contribution in [0.1, 0.15) is 19.8 Å². The normalized spacial score (nSPS) is 10.8. The molecule has 2 nitrogen and oxygen atoms in total. The second kappa shape index (κ2) is 5.87. The minimum absolute atomic E-state index is 0.636. The first-order valence-corrected chi connectivity index (χ1v) is 7.05. The Morgan fingerprint density at radius 3 is 3.06 bits per heavy atom. The van der Waals surface area contributed by atoms with Crippen LogP contribution in [-0.2, 0) is 0 Å². The largest absolute Gasteiger partial charge is 0.491 e. The van der Waals surface area contributed by atoms with Crippen LogP contribution < -0.4 is 4.74 Å². The van der Waals surface area contributed by atoms with Gasteiger partial charge in [-0.25, -0.2) is 0 Å². The second-order valence-electron chi connectivity index (χ2n) is 3.77. The number of pyridine rings is 1. The summed E-state index contributed by atoms with van der Waals surface area (Å²) in [4.78, 5) is 4.30. The maximum Gasteiger partial charge on any atom is 0.151 e. The third-order valence-corrected chi connectivity index (χ3v) is 3.85. The molecule has 0 aliphatic carbocycles. The number of hydrogen-bond donors (Lipinski definition) is 0. The van der Waals surface area contributed by atoms with Crippen LogP contribution in [0.25, 0.3) is 10.9 Å². The number of hydrogen-bond acceptors (Lipinski definition) is 2. The van der Waals surface area contributed by atoms with E-state index in [-0.39, 0.29) is 0 Å². The number of aromatic nitrogens is 1. The number of ether oxygens (including phenoxy) is 1. The van der Waals surface area contributed by atoms with Crippen molar-refractivity contribution in [2.24, 2.45) is 0 Å². The molecule has 2 aromatic rings. The molecule has 0 radical (unpaired) electrons. The molecule has 2 rings (SSSR count). The van der Waals surface area contributed by atoms with Crippen molar-refractivity contribution >= 4 is 45.1 Å². The quantitative estimate of drug-likeness (QED) is 0.583. The highest BCUT2D eigenvalue weighted by atomic mass is 127. The van der Waals surface area contributed by atoms with E-state index in [4.69, 9.17) is 16.3 Å². The lowest BCUT2D eigenvalue weighted by Gasteiger charge is -2.11. The number of rotatable bonds is 4. The van der Waals surface area contributed by atoms with Gasteiger partial charge in [0.2, 0.25) is 0 Å². The molecule has 1 aromatic heterocycles. The Labute approximate surface area is 119 Å². The highest BCUT2D eigenvalue weighted by Crippen LogP contribution is 2.35. The number of fused-ring (bicyclic) bond motifs is 1. The summed E-state index contributed by atoms with van der Waals surface area (Å²) in [6.07, 6.45) is 3.92. The molecule has 0 atom stereocenters. The summed E-state index contributed by atoms with van der Waals surface area (Å²) >= 11 is 8.48. The molecule has 0 unspecified atom stereocenters. The third kappa shape index (κ3) is 2.83. The fourth-order valence-corrected chi connectivity index (χ4v) is 2.90. The van der Waals surface area contributed by atoms with Crippen LogP contribution in [-0.4, -0.2) is 11.6 Å². The molecule has 0 fully saturated rings. The molecule has 0 aliphatic heterocycles. The molecule has 1 aromatic carbocycles. The van der Waals surface area contributed by atoms with Crippen molar-refractivity contribution in [3.05, 3.63) is 33.0 Å². The molecule has 0 bridgehead atoms. The molecule has 0 aliphatic rings. The zero-order chi connectivity index (χ0) is 12.3. The molecule has 90 valence electrons. The fraction of sp³-hybridized carbons (Fsp3) is 0.308. The minimum Gasteiger partial charge on any atom is -0.491 e. The van der Waals surface area contributed by atoms with Gasteiger partial charge in [-0.2, -0.15) is 0 Å². The van der Waals surface area contributed by atoms with Crippen LogP contribution in [0.3, 0.4) is 0 Å². The zero-order valence-electron chi connectivity index (χ0n) is 9.54. The molecule has 17 heavy (non-hydrogen) atoms. The molecule has 0 saturated heterocycles. The topological polar surface area (TPSA) is 22.1 Å². The fourth-order valence-electron chi connectivity index (χ4n) is 1.58. The van der Waals surface area contributed by atoms with E-state index in [9.17, 15) is 0 Å². The van der Waals surface area contributed by atoms with Gasteiger partial charge in [0.15, 0.2) is 5.75 Å². The van der Waals surface area contributed by atoms with Crippen LogP contribution in [0.15, 0.2) is 24.4 Å². The van der Waals surface area contributed by atoms with Crippen molar-refractivity contribution < 1.29 is 4.74 Å². The highest BCUT2D eigenvalue weighted by molar-refractivity contribution is 14.1. The predicted molar refractivity (Wildman–Crippen MR) is 79.9 cm³/mol. The summed E-state index contributed by atoms with van der Waals surface area (Å²) in [5.74, 6) is 0.779. The molecule has 4 heteroatoms. The zero-order valence-corrected chi connectivity index (χ0v) is 12.5. The lowest BCUT2D eigenvalue weighted by Crippen LogP contribution is -1.99. The second-order valence-corrected chi connectivity index (χ2v) is 5.26. The maximum atomic E-state index is 6.22. The monoisotopic (exact) mass is 361 g/mol. The lowest BCUT2D eigenvalue weighted by molar-refractivity contribution is 0.308. The lowest BCUT2D eigenvalue weighted by atomic mass is 10.2. The minimum atomic E-state index is 0.636. The Kier molecular flexibility index (Phi) is 4.45. The number of unbranched alkanes of at least 4 members (excludes halogenated alkanes) is 1. The van der Waals surface area contributed by atoms with Crippen molar-refractivity contribution in [3.8, 4) is 5.75 Å². The van der Waals surface area contributed by atoms with Crippen molar-refractivity contribution in [3.63, 3.8) is 0 Å². The molecular formula is C13H13ClINO. The summed E-state index contributed by atoms with van der Waals surface area (Å²) in [5.41, 5.74) is 0.907. The molecule has 0 spiro atoms. The van der Waals surface area contributed by atoms with E-state index in [1.165, 1.54) is 0 Å². The van der Waals surface area contributed by atoms with E-state index >= 15 is 0 Å². The van der Waals surface area contributed by atoms with Crippen molar-refractivity contribution in [1.29, 1.82) is 0 Å². The predicted octanol–water partition coefficient (Wildman–Crippen LogP) is 4.67. The molecule has 0 saturated carbocycles.